The largest absolute Gasteiger partial charge is 0.244 e. The number of benzene rings is 1. The second-order valence-corrected chi connectivity index (χ2v) is 9.40. The van der Waals surface area contributed by atoms with Crippen molar-refractivity contribution in [1.29, 1.82) is 0 Å². The molecule has 0 saturated heterocycles. The van der Waals surface area contributed by atoms with Gasteiger partial charge in [-0.3, -0.25) is 0 Å². The number of sulfone groups is 1. The average molecular weight is 335 g/mol. The summed E-state index contributed by atoms with van der Waals surface area (Å²) < 4.78 is 64.0. The molecular weight excluding hydrogens is 317 g/mol. The van der Waals surface area contributed by atoms with Crippen LogP contribution in [0.1, 0.15) is 32.6 Å². The number of halogens is 1. The van der Waals surface area contributed by atoms with Crippen LogP contribution in [0.5, 0.6) is 0 Å². The van der Waals surface area contributed by atoms with Crippen LogP contribution in [0.4, 0.5) is 4.39 Å². The van der Waals surface area contributed by atoms with Crippen LogP contribution >= 0.6 is 0 Å². The van der Waals surface area contributed by atoms with Gasteiger partial charge in [0.15, 0.2) is 9.84 Å². The first-order chi connectivity index (χ1) is 9.54. The Morgan fingerprint density at radius 3 is 2.24 bits per heavy atom. The van der Waals surface area contributed by atoms with E-state index >= 15 is 0 Å². The zero-order chi connectivity index (χ0) is 15.9. The Labute approximate surface area is 124 Å². The second kappa shape index (κ2) is 5.33. The smallest absolute Gasteiger partial charge is 0.224 e. The quantitative estimate of drug-likeness (QED) is 0.852. The molecule has 21 heavy (non-hydrogen) atoms. The monoisotopic (exact) mass is 335 g/mol. The molecule has 0 spiro atoms. The lowest BCUT2D eigenvalue weighted by molar-refractivity contribution is 0.425. The summed E-state index contributed by atoms with van der Waals surface area (Å²) in [5.74, 6) is -0.962. The fourth-order valence-electron chi connectivity index (χ4n) is 2.56. The Balaban J connectivity index is 2.44. The van der Waals surface area contributed by atoms with E-state index in [1.54, 1.807) is 6.92 Å². The van der Waals surface area contributed by atoms with Crippen LogP contribution in [0, 0.1) is 5.82 Å². The van der Waals surface area contributed by atoms with Crippen LogP contribution in [0.25, 0.3) is 0 Å². The number of hydrogen-bond donors (Lipinski definition) is 1. The predicted molar refractivity (Wildman–Crippen MR) is 76.7 cm³/mol. The zero-order valence-corrected chi connectivity index (χ0v) is 13.5. The molecule has 1 N–H and O–H groups in total. The van der Waals surface area contributed by atoms with E-state index in [9.17, 15) is 21.2 Å². The molecule has 0 atom stereocenters. The van der Waals surface area contributed by atoms with Crippen molar-refractivity contribution in [3.63, 3.8) is 0 Å². The van der Waals surface area contributed by atoms with Crippen molar-refractivity contribution in [1.82, 2.24) is 4.72 Å². The molecular formula is C13H18FNO4S2. The maximum absolute atomic E-state index is 13.8. The van der Waals surface area contributed by atoms with E-state index in [0.717, 1.165) is 37.3 Å². The predicted octanol–water partition coefficient (Wildman–Crippen LogP) is 1.84. The van der Waals surface area contributed by atoms with Crippen molar-refractivity contribution in [3.8, 4) is 0 Å². The van der Waals surface area contributed by atoms with Gasteiger partial charge in [-0.25, -0.2) is 25.9 Å². The van der Waals surface area contributed by atoms with Gasteiger partial charge >= 0.3 is 0 Å². The van der Waals surface area contributed by atoms with Gasteiger partial charge in [0.25, 0.3) is 0 Å². The normalized spacial score (nSPS) is 18.8. The Hall–Kier alpha value is -0.990. The van der Waals surface area contributed by atoms with E-state index in [0.29, 0.717) is 12.8 Å². The molecule has 1 aromatic rings. The molecule has 2 rings (SSSR count). The first-order valence-electron chi connectivity index (χ1n) is 6.57. The van der Waals surface area contributed by atoms with Crippen LogP contribution in [-0.2, 0) is 19.9 Å². The minimum absolute atomic E-state index is 0.221. The third kappa shape index (κ3) is 3.61. The van der Waals surface area contributed by atoms with E-state index in [1.807, 2.05) is 0 Å². The lowest BCUT2D eigenvalue weighted by Gasteiger charge is -2.25. The fourth-order valence-corrected chi connectivity index (χ4v) is 4.85. The number of rotatable bonds is 4. The zero-order valence-electron chi connectivity index (χ0n) is 11.9. The molecule has 0 unspecified atom stereocenters. The summed E-state index contributed by atoms with van der Waals surface area (Å²) in [4.78, 5) is -0.848. The molecule has 1 fully saturated rings. The number of sulfonamides is 1. The Bertz CT molecular complexity index is 750. The molecule has 0 aromatic heterocycles. The molecule has 1 saturated carbocycles. The molecule has 0 radical (unpaired) electrons. The highest BCUT2D eigenvalue weighted by Gasteiger charge is 2.34. The summed E-state index contributed by atoms with van der Waals surface area (Å²) in [6, 6.07) is 2.79. The molecule has 0 amide bonds. The lowest BCUT2D eigenvalue weighted by Crippen LogP contribution is -2.43. The highest BCUT2D eigenvalue weighted by Crippen LogP contribution is 2.31. The van der Waals surface area contributed by atoms with Crippen molar-refractivity contribution in [2.45, 2.75) is 47.9 Å². The molecule has 8 heteroatoms. The minimum Gasteiger partial charge on any atom is -0.224 e. The highest BCUT2D eigenvalue weighted by atomic mass is 32.2. The first kappa shape index (κ1) is 16.4. The Kier molecular flexibility index (Phi) is 4.16. The van der Waals surface area contributed by atoms with Crippen molar-refractivity contribution in [3.05, 3.63) is 24.0 Å². The molecule has 1 aliphatic rings. The maximum atomic E-state index is 13.8. The standard InChI is InChI=1S/C13H18FNO4S2/c1-13(7-3-4-8-13)15-21(18,19)12-9-10(20(2,16)17)5-6-11(12)14/h5-6,9,15H,3-4,7-8H2,1-2H3. The highest BCUT2D eigenvalue weighted by molar-refractivity contribution is 7.91. The molecule has 1 aliphatic carbocycles. The van der Waals surface area contributed by atoms with Crippen LogP contribution < -0.4 is 4.72 Å². The average Bonchev–Trinajstić information content (AvgIpc) is 2.73. The van der Waals surface area contributed by atoms with E-state index in [-0.39, 0.29) is 4.90 Å². The van der Waals surface area contributed by atoms with Gasteiger partial charge in [0.1, 0.15) is 10.7 Å². The first-order valence-corrected chi connectivity index (χ1v) is 9.95. The summed E-state index contributed by atoms with van der Waals surface area (Å²) in [6.45, 7) is 1.77. The van der Waals surface area contributed by atoms with Crippen molar-refractivity contribution in [2.24, 2.45) is 0 Å². The molecule has 0 bridgehead atoms. The third-order valence-corrected chi connectivity index (χ3v) is 6.47. The maximum Gasteiger partial charge on any atom is 0.244 e. The molecule has 1 aromatic carbocycles. The van der Waals surface area contributed by atoms with Gasteiger partial charge in [0.05, 0.1) is 4.90 Å². The number of hydrogen-bond acceptors (Lipinski definition) is 4. The summed E-state index contributed by atoms with van der Waals surface area (Å²) in [6.07, 6.45) is 4.12. The Morgan fingerprint density at radius 1 is 1.14 bits per heavy atom. The van der Waals surface area contributed by atoms with E-state index in [2.05, 4.69) is 4.72 Å². The summed E-state index contributed by atoms with van der Waals surface area (Å²) in [5.41, 5.74) is -0.605. The van der Waals surface area contributed by atoms with E-state index < -0.39 is 36.1 Å². The third-order valence-electron chi connectivity index (χ3n) is 3.71. The topological polar surface area (TPSA) is 80.3 Å². The molecule has 0 aliphatic heterocycles. The Morgan fingerprint density at radius 2 is 1.71 bits per heavy atom. The van der Waals surface area contributed by atoms with E-state index in [1.165, 1.54) is 0 Å². The van der Waals surface area contributed by atoms with Gasteiger partial charge in [-0.15, -0.1) is 0 Å². The van der Waals surface area contributed by atoms with Crippen LogP contribution in [0.15, 0.2) is 28.0 Å². The van der Waals surface area contributed by atoms with Gasteiger partial charge in [-0.05, 0) is 38.0 Å². The van der Waals surface area contributed by atoms with Crippen LogP contribution in [-0.4, -0.2) is 28.6 Å². The van der Waals surface area contributed by atoms with Crippen molar-refractivity contribution < 1.29 is 21.2 Å². The molecule has 0 heterocycles. The summed E-state index contributed by atoms with van der Waals surface area (Å²) >= 11 is 0. The lowest BCUT2D eigenvalue weighted by atomic mass is 10.0. The summed E-state index contributed by atoms with van der Waals surface area (Å²) in [7, 11) is -7.71. The van der Waals surface area contributed by atoms with Gasteiger partial charge < -0.3 is 0 Å². The van der Waals surface area contributed by atoms with Crippen molar-refractivity contribution in [2.75, 3.05) is 6.26 Å². The minimum atomic E-state index is -4.11. The van der Waals surface area contributed by atoms with Crippen LogP contribution in [0.2, 0.25) is 0 Å². The molecule has 5 nitrogen and oxygen atoms in total. The number of nitrogens with one attached hydrogen (secondary N) is 1. The summed E-state index contributed by atoms with van der Waals surface area (Å²) in [5, 5.41) is 0. The van der Waals surface area contributed by atoms with Crippen LogP contribution in [0.3, 0.4) is 0 Å². The van der Waals surface area contributed by atoms with Gasteiger partial charge in [-0.2, -0.15) is 0 Å². The SMILES string of the molecule is CC1(NS(=O)(=O)c2cc(S(C)(=O)=O)ccc2F)CCCC1. The molecule has 118 valence electrons. The second-order valence-electron chi connectivity index (χ2n) is 5.74. The fraction of sp³-hybridized carbons (Fsp3) is 0.538. The van der Waals surface area contributed by atoms with Gasteiger partial charge in [0, 0.05) is 11.8 Å². The van der Waals surface area contributed by atoms with Crippen molar-refractivity contribution >= 4 is 19.9 Å². The van der Waals surface area contributed by atoms with E-state index in [4.69, 9.17) is 0 Å². The van der Waals surface area contributed by atoms with Gasteiger partial charge in [-0.1, -0.05) is 12.8 Å². The van der Waals surface area contributed by atoms with Gasteiger partial charge in [0.2, 0.25) is 10.0 Å².